The fourth-order valence-corrected chi connectivity index (χ4v) is 3.43. The van der Waals surface area contributed by atoms with E-state index in [4.69, 9.17) is 0 Å². The number of carbonyl (C=O) groups excluding carboxylic acids is 2. The number of anilines is 1. The fourth-order valence-electron chi connectivity index (χ4n) is 2.25. The average Bonchev–Trinajstić information content (AvgIpc) is 2.71. The quantitative estimate of drug-likeness (QED) is 0.745. The van der Waals surface area contributed by atoms with E-state index >= 15 is 0 Å². The minimum absolute atomic E-state index is 0.122. The lowest BCUT2D eigenvalue weighted by atomic mass is 10.1. The zero-order valence-electron chi connectivity index (χ0n) is 11.0. The van der Waals surface area contributed by atoms with E-state index in [1.807, 2.05) is 30.0 Å². The van der Waals surface area contributed by atoms with Gasteiger partial charge in [0.1, 0.15) is 0 Å². The van der Waals surface area contributed by atoms with E-state index < -0.39 is 0 Å². The summed E-state index contributed by atoms with van der Waals surface area (Å²) in [4.78, 5) is 25.0. The van der Waals surface area contributed by atoms with Gasteiger partial charge in [0.2, 0.25) is 5.91 Å². The zero-order chi connectivity index (χ0) is 14.0. The summed E-state index contributed by atoms with van der Waals surface area (Å²) in [6, 6.07) is 6.02. The molecule has 0 radical (unpaired) electrons. The van der Waals surface area contributed by atoms with Crippen LogP contribution in [0.15, 0.2) is 18.2 Å². The van der Waals surface area contributed by atoms with Gasteiger partial charge >= 0.3 is 0 Å². The molecule has 1 aromatic carbocycles. The number of amides is 1. The highest BCUT2D eigenvalue weighted by atomic mass is 127. The molecule has 19 heavy (non-hydrogen) atoms. The van der Waals surface area contributed by atoms with Crippen LogP contribution in [0.1, 0.15) is 18.9 Å². The molecule has 102 valence electrons. The molecule has 5 heteroatoms. The predicted octanol–water partition coefficient (Wildman–Crippen LogP) is 3.23. The Hall–Kier alpha value is -0.560. The maximum Gasteiger partial charge on any atom is 0.227 e. The largest absolute Gasteiger partial charge is 0.312 e. The molecule has 1 heterocycles. The Bertz CT molecular complexity index is 518. The van der Waals surface area contributed by atoms with Gasteiger partial charge in [0.15, 0.2) is 5.12 Å². The Balaban J connectivity index is 2.11. The summed E-state index contributed by atoms with van der Waals surface area (Å²) in [6.45, 7) is 4.34. The molecule has 0 aromatic heterocycles. The van der Waals surface area contributed by atoms with E-state index in [2.05, 4.69) is 22.6 Å². The van der Waals surface area contributed by atoms with Crippen LogP contribution < -0.4 is 4.90 Å². The van der Waals surface area contributed by atoms with Crippen LogP contribution in [0.25, 0.3) is 0 Å². The summed E-state index contributed by atoms with van der Waals surface area (Å²) in [5, 5.41) is 0.122. The number of hydrogen-bond donors (Lipinski definition) is 0. The first-order valence-corrected chi connectivity index (χ1v) is 8.24. The number of rotatable bonds is 3. The Kier molecular flexibility index (Phi) is 4.89. The topological polar surface area (TPSA) is 37.4 Å². The molecule has 1 saturated heterocycles. The highest BCUT2D eigenvalue weighted by Crippen LogP contribution is 2.31. The van der Waals surface area contributed by atoms with Crippen molar-refractivity contribution in [3.05, 3.63) is 27.3 Å². The van der Waals surface area contributed by atoms with Crippen molar-refractivity contribution in [1.82, 2.24) is 0 Å². The van der Waals surface area contributed by atoms with Gasteiger partial charge in [-0.1, -0.05) is 17.8 Å². The summed E-state index contributed by atoms with van der Waals surface area (Å²) in [5.74, 6) is 1.18. The average molecular weight is 389 g/mol. The van der Waals surface area contributed by atoms with E-state index in [1.165, 1.54) is 15.3 Å². The highest BCUT2D eigenvalue weighted by molar-refractivity contribution is 14.1. The summed E-state index contributed by atoms with van der Waals surface area (Å²) in [6.07, 6.45) is 0.547. The van der Waals surface area contributed by atoms with Crippen molar-refractivity contribution < 1.29 is 9.59 Å². The van der Waals surface area contributed by atoms with Crippen LogP contribution in [0.3, 0.4) is 0 Å². The van der Waals surface area contributed by atoms with Crippen molar-refractivity contribution in [1.29, 1.82) is 0 Å². The molecule has 1 aromatic rings. The van der Waals surface area contributed by atoms with Crippen molar-refractivity contribution in [3.8, 4) is 0 Å². The molecule has 1 unspecified atom stereocenters. The van der Waals surface area contributed by atoms with Crippen LogP contribution in [0.4, 0.5) is 5.69 Å². The molecule has 1 aliphatic heterocycles. The van der Waals surface area contributed by atoms with Crippen molar-refractivity contribution in [2.45, 2.75) is 20.3 Å². The molecule has 1 amide bonds. The minimum atomic E-state index is 0.122. The standard InChI is InChI=1S/C14H16INO2S/c1-9-12(15)4-3-5-13(9)16-7-11(6-14(16)18)8-19-10(2)17/h3-5,11H,6-8H2,1-2H3. The number of hydrogen-bond acceptors (Lipinski definition) is 3. The third-order valence-corrected chi connectivity index (χ3v) is 5.47. The van der Waals surface area contributed by atoms with E-state index in [-0.39, 0.29) is 16.9 Å². The minimum Gasteiger partial charge on any atom is -0.312 e. The van der Waals surface area contributed by atoms with Gasteiger partial charge in [0.25, 0.3) is 0 Å². The van der Waals surface area contributed by atoms with Gasteiger partial charge in [-0.05, 0) is 53.1 Å². The maximum atomic E-state index is 12.1. The van der Waals surface area contributed by atoms with E-state index in [9.17, 15) is 9.59 Å². The molecule has 3 nitrogen and oxygen atoms in total. The van der Waals surface area contributed by atoms with Gasteiger partial charge < -0.3 is 4.90 Å². The normalized spacial score (nSPS) is 19.0. The van der Waals surface area contributed by atoms with Crippen LogP contribution in [-0.4, -0.2) is 23.3 Å². The van der Waals surface area contributed by atoms with Crippen LogP contribution in [0.2, 0.25) is 0 Å². The zero-order valence-corrected chi connectivity index (χ0v) is 14.0. The second-order valence-corrected chi connectivity index (χ2v) is 7.12. The smallest absolute Gasteiger partial charge is 0.227 e. The molecule has 0 spiro atoms. The van der Waals surface area contributed by atoms with Crippen molar-refractivity contribution >= 4 is 51.1 Å². The fraction of sp³-hybridized carbons (Fsp3) is 0.429. The molecule has 0 bridgehead atoms. The molecule has 1 aliphatic rings. The van der Waals surface area contributed by atoms with Crippen LogP contribution in [0.5, 0.6) is 0 Å². The lowest BCUT2D eigenvalue weighted by Gasteiger charge is -2.19. The second kappa shape index (κ2) is 6.26. The van der Waals surface area contributed by atoms with Crippen LogP contribution in [0, 0.1) is 16.4 Å². The van der Waals surface area contributed by atoms with E-state index in [0.717, 1.165) is 23.5 Å². The van der Waals surface area contributed by atoms with Crippen molar-refractivity contribution in [2.24, 2.45) is 5.92 Å². The third-order valence-electron chi connectivity index (χ3n) is 3.26. The van der Waals surface area contributed by atoms with Gasteiger partial charge in [0, 0.05) is 34.9 Å². The van der Waals surface area contributed by atoms with Gasteiger partial charge in [-0.3, -0.25) is 9.59 Å². The summed E-state index contributed by atoms with van der Waals surface area (Å²) in [7, 11) is 0. The number of benzene rings is 1. The van der Waals surface area contributed by atoms with E-state index in [0.29, 0.717) is 6.42 Å². The number of halogens is 1. The Morgan fingerprint density at radius 3 is 2.95 bits per heavy atom. The predicted molar refractivity (Wildman–Crippen MR) is 87.5 cm³/mol. The highest BCUT2D eigenvalue weighted by Gasteiger charge is 2.31. The second-order valence-electron chi connectivity index (χ2n) is 4.76. The van der Waals surface area contributed by atoms with Crippen LogP contribution >= 0.6 is 34.4 Å². The van der Waals surface area contributed by atoms with Gasteiger partial charge in [0.05, 0.1) is 0 Å². The first-order chi connectivity index (χ1) is 8.99. The molecule has 2 rings (SSSR count). The SMILES string of the molecule is CC(=O)SCC1CC(=O)N(c2cccc(I)c2C)C1. The third kappa shape index (κ3) is 3.51. The number of thioether (sulfide) groups is 1. The van der Waals surface area contributed by atoms with Crippen molar-refractivity contribution in [3.63, 3.8) is 0 Å². The Morgan fingerprint density at radius 1 is 1.53 bits per heavy atom. The Labute approximate surface area is 131 Å². The van der Waals surface area contributed by atoms with Gasteiger partial charge in [-0.15, -0.1) is 0 Å². The summed E-state index contributed by atoms with van der Waals surface area (Å²) < 4.78 is 1.17. The van der Waals surface area contributed by atoms with Gasteiger partial charge in [-0.2, -0.15) is 0 Å². The number of carbonyl (C=O) groups is 2. The molecular formula is C14H16INO2S. The molecule has 1 fully saturated rings. The van der Waals surface area contributed by atoms with Gasteiger partial charge in [-0.25, -0.2) is 0 Å². The van der Waals surface area contributed by atoms with E-state index in [1.54, 1.807) is 6.92 Å². The molecule has 0 saturated carbocycles. The van der Waals surface area contributed by atoms with Crippen LogP contribution in [-0.2, 0) is 9.59 Å². The Morgan fingerprint density at radius 2 is 2.26 bits per heavy atom. The molecular weight excluding hydrogens is 373 g/mol. The maximum absolute atomic E-state index is 12.1. The lowest BCUT2D eigenvalue weighted by molar-refractivity contribution is -0.117. The molecule has 0 aliphatic carbocycles. The molecule has 0 N–H and O–H groups in total. The lowest BCUT2D eigenvalue weighted by Crippen LogP contribution is -2.25. The monoisotopic (exact) mass is 389 g/mol. The summed E-state index contributed by atoms with van der Waals surface area (Å²) >= 11 is 3.60. The number of nitrogens with zero attached hydrogens (tertiary/aromatic N) is 1. The molecule has 1 atom stereocenters. The first kappa shape index (κ1) is 14.8. The first-order valence-electron chi connectivity index (χ1n) is 6.18. The summed E-state index contributed by atoms with van der Waals surface area (Å²) in [5.41, 5.74) is 2.16. The van der Waals surface area contributed by atoms with Crippen molar-refractivity contribution in [2.75, 3.05) is 17.2 Å².